The Morgan fingerprint density at radius 2 is 1.72 bits per heavy atom. The first kappa shape index (κ1) is 18.4. The van der Waals surface area contributed by atoms with Gasteiger partial charge in [-0.15, -0.1) is 0 Å². The SMILES string of the molecule is COc1ccc(CN(CCC(=O)Nc2ccc(F)cc2)C(C)=O)cc1. The summed E-state index contributed by atoms with van der Waals surface area (Å²) in [5.74, 6) is 0.0510. The second-order valence-electron chi connectivity index (χ2n) is 5.59. The zero-order valence-electron chi connectivity index (χ0n) is 14.3. The molecule has 0 radical (unpaired) electrons. The van der Waals surface area contributed by atoms with E-state index in [9.17, 15) is 14.0 Å². The standard InChI is InChI=1S/C19H21FN2O3/c1-14(23)22(13-15-3-9-18(25-2)10-4-15)12-11-19(24)21-17-7-5-16(20)6-8-17/h3-10H,11-13H2,1-2H3,(H,21,24). The maximum Gasteiger partial charge on any atom is 0.226 e. The first-order valence-corrected chi connectivity index (χ1v) is 7.92. The fraction of sp³-hybridized carbons (Fsp3) is 0.263. The molecule has 25 heavy (non-hydrogen) atoms. The summed E-state index contributed by atoms with van der Waals surface area (Å²) in [6, 6.07) is 13.0. The molecule has 1 N–H and O–H groups in total. The molecule has 0 aromatic heterocycles. The molecule has 2 rings (SSSR count). The molecule has 2 aromatic rings. The fourth-order valence-electron chi connectivity index (χ4n) is 2.29. The smallest absolute Gasteiger partial charge is 0.226 e. The summed E-state index contributed by atoms with van der Waals surface area (Å²) < 4.78 is 18.0. The Hall–Kier alpha value is -2.89. The molecule has 0 saturated carbocycles. The Labute approximate surface area is 146 Å². The van der Waals surface area contributed by atoms with E-state index in [1.165, 1.54) is 31.2 Å². The predicted octanol–water partition coefficient (Wildman–Crippen LogP) is 3.21. The van der Waals surface area contributed by atoms with E-state index in [2.05, 4.69) is 5.32 Å². The van der Waals surface area contributed by atoms with Crippen molar-refractivity contribution in [2.24, 2.45) is 0 Å². The molecule has 132 valence electrons. The van der Waals surface area contributed by atoms with Crippen molar-refractivity contribution in [2.75, 3.05) is 19.0 Å². The third-order valence-corrected chi connectivity index (χ3v) is 3.71. The number of nitrogens with zero attached hydrogens (tertiary/aromatic N) is 1. The van der Waals surface area contributed by atoms with Gasteiger partial charge >= 0.3 is 0 Å². The van der Waals surface area contributed by atoms with E-state index in [-0.39, 0.29) is 24.1 Å². The number of benzene rings is 2. The summed E-state index contributed by atoms with van der Waals surface area (Å²) in [6.07, 6.45) is 0.160. The third kappa shape index (κ3) is 5.91. The molecule has 2 amide bonds. The lowest BCUT2D eigenvalue weighted by atomic mass is 10.2. The van der Waals surface area contributed by atoms with Crippen LogP contribution >= 0.6 is 0 Å². The van der Waals surface area contributed by atoms with Crippen LogP contribution in [0.2, 0.25) is 0 Å². The summed E-state index contributed by atoms with van der Waals surface area (Å²) >= 11 is 0. The van der Waals surface area contributed by atoms with Crippen molar-refractivity contribution in [1.82, 2.24) is 4.90 Å². The van der Waals surface area contributed by atoms with E-state index >= 15 is 0 Å². The van der Waals surface area contributed by atoms with Crippen molar-refractivity contribution in [3.63, 3.8) is 0 Å². The first-order chi connectivity index (χ1) is 12.0. The van der Waals surface area contributed by atoms with Crippen molar-refractivity contribution >= 4 is 17.5 Å². The minimum Gasteiger partial charge on any atom is -0.497 e. The van der Waals surface area contributed by atoms with Crippen molar-refractivity contribution in [1.29, 1.82) is 0 Å². The molecule has 0 fully saturated rings. The van der Waals surface area contributed by atoms with Crippen LogP contribution in [0.25, 0.3) is 0 Å². The van der Waals surface area contributed by atoms with Crippen molar-refractivity contribution in [3.8, 4) is 5.75 Å². The number of hydrogen-bond acceptors (Lipinski definition) is 3. The van der Waals surface area contributed by atoms with Crippen LogP contribution in [0.4, 0.5) is 10.1 Å². The molecule has 0 heterocycles. The van der Waals surface area contributed by atoms with Crippen LogP contribution in [-0.2, 0) is 16.1 Å². The average Bonchev–Trinajstić information content (AvgIpc) is 2.61. The molecule has 0 aliphatic rings. The number of ether oxygens (including phenoxy) is 1. The Bertz CT molecular complexity index is 714. The number of rotatable bonds is 7. The highest BCUT2D eigenvalue weighted by Gasteiger charge is 2.12. The van der Waals surface area contributed by atoms with Gasteiger partial charge in [0.05, 0.1) is 7.11 Å². The highest BCUT2D eigenvalue weighted by molar-refractivity contribution is 5.91. The molecular formula is C19H21FN2O3. The summed E-state index contributed by atoms with van der Waals surface area (Å²) in [5, 5.41) is 2.68. The second kappa shape index (κ2) is 8.82. The van der Waals surface area contributed by atoms with Gasteiger partial charge in [-0.2, -0.15) is 0 Å². The summed E-state index contributed by atoms with van der Waals surface area (Å²) in [6.45, 7) is 2.19. The highest BCUT2D eigenvalue weighted by atomic mass is 19.1. The van der Waals surface area contributed by atoms with E-state index in [4.69, 9.17) is 4.74 Å². The number of halogens is 1. The van der Waals surface area contributed by atoms with E-state index in [0.29, 0.717) is 18.8 Å². The molecule has 0 bridgehead atoms. The Morgan fingerprint density at radius 3 is 2.28 bits per heavy atom. The molecule has 0 saturated heterocycles. The van der Waals surface area contributed by atoms with E-state index < -0.39 is 0 Å². The summed E-state index contributed by atoms with van der Waals surface area (Å²) in [4.78, 5) is 25.4. The number of carbonyl (C=O) groups is 2. The van der Waals surface area contributed by atoms with Gasteiger partial charge in [0.2, 0.25) is 11.8 Å². The van der Waals surface area contributed by atoms with Crippen LogP contribution in [0.5, 0.6) is 5.75 Å². The number of nitrogens with one attached hydrogen (secondary N) is 1. The molecule has 0 unspecified atom stereocenters. The monoisotopic (exact) mass is 344 g/mol. The van der Waals surface area contributed by atoms with E-state index in [1.807, 2.05) is 24.3 Å². The van der Waals surface area contributed by atoms with Gasteiger partial charge in [-0.25, -0.2) is 4.39 Å². The lowest BCUT2D eigenvalue weighted by Crippen LogP contribution is -2.31. The van der Waals surface area contributed by atoms with Gasteiger partial charge in [-0.1, -0.05) is 12.1 Å². The Balaban J connectivity index is 1.88. The molecule has 0 atom stereocenters. The van der Waals surface area contributed by atoms with Crippen LogP contribution in [0, 0.1) is 5.82 Å². The lowest BCUT2D eigenvalue weighted by Gasteiger charge is -2.21. The lowest BCUT2D eigenvalue weighted by molar-refractivity contribution is -0.129. The third-order valence-electron chi connectivity index (χ3n) is 3.71. The molecule has 6 heteroatoms. The maximum absolute atomic E-state index is 12.9. The average molecular weight is 344 g/mol. The molecular weight excluding hydrogens is 323 g/mol. The number of hydrogen-bond donors (Lipinski definition) is 1. The maximum atomic E-state index is 12.9. The molecule has 5 nitrogen and oxygen atoms in total. The minimum atomic E-state index is -0.361. The van der Waals surface area contributed by atoms with Crippen LogP contribution in [0.1, 0.15) is 18.9 Å². The molecule has 2 aromatic carbocycles. The number of anilines is 1. The van der Waals surface area contributed by atoms with Gasteiger partial charge in [0, 0.05) is 32.1 Å². The molecule has 0 aliphatic carbocycles. The van der Waals surface area contributed by atoms with Crippen molar-refractivity contribution < 1.29 is 18.7 Å². The van der Waals surface area contributed by atoms with Gasteiger partial charge in [-0.3, -0.25) is 9.59 Å². The molecule has 0 spiro atoms. The van der Waals surface area contributed by atoms with Crippen LogP contribution in [0.15, 0.2) is 48.5 Å². The largest absolute Gasteiger partial charge is 0.497 e. The molecule has 0 aliphatic heterocycles. The summed E-state index contributed by atoms with van der Waals surface area (Å²) in [5.41, 5.74) is 1.48. The van der Waals surface area contributed by atoms with Gasteiger partial charge in [0.1, 0.15) is 11.6 Å². The normalized spacial score (nSPS) is 10.2. The number of amides is 2. The topological polar surface area (TPSA) is 58.6 Å². The zero-order valence-corrected chi connectivity index (χ0v) is 14.3. The van der Waals surface area contributed by atoms with Crippen molar-refractivity contribution in [2.45, 2.75) is 19.9 Å². The number of carbonyl (C=O) groups excluding carboxylic acids is 2. The van der Waals surface area contributed by atoms with Gasteiger partial charge in [0.15, 0.2) is 0 Å². The number of methoxy groups -OCH3 is 1. The van der Waals surface area contributed by atoms with Crippen LogP contribution in [0.3, 0.4) is 0 Å². The fourth-order valence-corrected chi connectivity index (χ4v) is 2.29. The Morgan fingerprint density at radius 1 is 1.08 bits per heavy atom. The highest BCUT2D eigenvalue weighted by Crippen LogP contribution is 2.14. The van der Waals surface area contributed by atoms with Gasteiger partial charge < -0.3 is 15.0 Å². The predicted molar refractivity (Wildman–Crippen MR) is 93.7 cm³/mol. The zero-order chi connectivity index (χ0) is 18.2. The van der Waals surface area contributed by atoms with Gasteiger partial charge in [0.25, 0.3) is 0 Å². The quantitative estimate of drug-likeness (QED) is 0.839. The van der Waals surface area contributed by atoms with E-state index in [0.717, 1.165) is 11.3 Å². The van der Waals surface area contributed by atoms with Crippen molar-refractivity contribution in [3.05, 3.63) is 59.9 Å². The van der Waals surface area contributed by atoms with Crippen LogP contribution in [-0.4, -0.2) is 30.4 Å². The van der Waals surface area contributed by atoms with Crippen LogP contribution < -0.4 is 10.1 Å². The second-order valence-corrected chi connectivity index (χ2v) is 5.59. The van der Waals surface area contributed by atoms with Gasteiger partial charge in [-0.05, 0) is 42.0 Å². The first-order valence-electron chi connectivity index (χ1n) is 7.92. The minimum absolute atomic E-state index is 0.106. The summed E-state index contributed by atoms with van der Waals surface area (Å²) in [7, 11) is 1.59. The Kier molecular flexibility index (Phi) is 6.51. The van der Waals surface area contributed by atoms with E-state index in [1.54, 1.807) is 12.0 Å².